The monoisotopic (exact) mass is 345 g/mol. The van der Waals surface area contributed by atoms with Gasteiger partial charge >= 0.3 is 0 Å². The van der Waals surface area contributed by atoms with Gasteiger partial charge in [-0.15, -0.1) is 0 Å². The Labute approximate surface area is 130 Å². The molecular weight excluding hydrogens is 334 g/mol. The van der Waals surface area contributed by atoms with Crippen LogP contribution >= 0.6 is 15.9 Å². The summed E-state index contributed by atoms with van der Waals surface area (Å²) in [7, 11) is 0. The molecule has 0 amide bonds. The van der Waals surface area contributed by atoms with Crippen molar-refractivity contribution in [3.63, 3.8) is 0 Å². The van der Waals surface area contributed by atoms with Crippen molar-refractivity contribution in [2.24, 2.45) is 0 Å². The first kappa shape index (κ1) is 15.0. The van der Waals surface area contributed by atoms with E-state index >= 15 is 0 Å². The summed E-state index contributed by atoms with van der Waals surface area (Å²) in [6, 6.07) is 14.1. The van der Waals surface area contributed by atoms with E-state index in [1.165, 1.54) is 12.1 Å². The van der Waals surface area contributed by atoms with Gasteiger partial charge in [0.15, 0.2) is 0 Å². The van der Waals surface area contributed by atoms with E-state index in [1.807, 2.05) is 37.3 Å². The third kappa shape index (κ3) is 3.58. The van der Waals surface area contributed by atoms with Gasteiger partial charge < -0.3 is 5.32 Å². The van der Waals surface area contributed by atoms with Gasteiger partial charge in [-0.3, -0.25) is 10.1 Å². The van der Waals surface area contributed by atoms with Crippen LogP contribution in [0.4, 0.5) is 11.4 Å². The number of hydrogen-bond donors (Lipinski definition) is 1. The zero-order valence-electron chi connectivity index (χ0n) is 11.2. The Morgan fingerprint density at radius 2 is 2.10 bits per heavy atom. The van der Waals surface area contributed by atoms with Crippen molar-refractivity contribution < 1.29 is 4.92 Å². The summed E-state index contributed by atoms with van der Waals surface area (Å²) < 4.78 is 0.972. The molecule has 2 aromatic rings. The van der Waals surface area contributed by atoms with Crippen molar-refractivity contribution in [1.29, 1.82) is 5.26 Å². The number of hydrogen-bond acceptors (Lipinski definition) is 4. The number of anilines is 1. The predicted molar refractivity (Wildman–Crippen MR) is 84.0 cm³/mol. The molecule has 2 aromatic carbocycles. The fourth-order valence-corrected chi connectivity index (χ4v) is 2.39. The molecule has 0 aromatic heterocycles. The minimum Gasteiger partial charge on any atom is -0.378 e. The highest BCUT2D eigenvalue weighted by Gasteiger charge is 2.15. The molecule has 0 heterocycles. The molecule has 0 aliphatic carbocycles. The normalized spacial score (nSPS) is 11.5. The lowest BCUT2D eigenvalue weighted by Crippen LogP contribution is -2.07. The average Bonchev–Trinajstić information content (AvgIpc) is 2.47. The van der Waals surface area contributed by atoms with E-state index in [0.29, 0.717) is 5.69 Å². The lowest BCUT2D eigenvalue weighted by Gasteiger charge is -2.16. The summed E-state index contributed by atoms with van der Waals surface area (Å²) in [6.45, 7) is 1.96. The first-order valence-electron chi connectivity index (χ1n) is 6.22. The maximum atomic E-state index is 11.0. The van der Waals surface area contributed by atoms with E-state index in [9.17, 15) is 10.1 Å². The molecule has 2 rings (SSSR count). The standard InChI is InChI=1S/C15H12BrN3O2/c1-10(11-3-2-4-13(16)7-11)18-14-6-5-12(9-17)15(8-14)19(20)21/h2-8,10,18H,1H3. The highest BCUT2D eigenvalue weighted by atomic mass is 79.9. The second-order valence-electron chi connectivity index (χ2n) is 4.52. The van der Waals surface area contributed by atoms with Gasteiger partial charge in [0.2, 0.25) is 0 Å². The van der Waals surface area contributed by atoms with Gasteiger partial charge in [0.25, 0.3) is 5.69 Å². The number of benzene rings is 2. The summed E-state index contributed by atoms with van der Waals surface area (Å²) in [4.78, 5) is 10.4. The van der Waals surface area contributed by atoms with Gasteiger partial charge in [0, 0.05) is 22.3 Å². The van der Waals surface area contributed by atoms with Crippen molar-refractivity contribution in [2.75, 3.05) is 5.32 Å². The number of nitro benzene ring substituents is 1. The number of nitro groups is 1. The van der Waals surface area contributed by atoms with Gasteiger partial charge in [0.05, 0.1) is 4.92 Å². The van der Waals surface area contributed by atoms with Gasteiger partial charge in [-0.1, -0.05) is 28.1 Å². The Morgan fingerprint density at radius 3 is 2.71 bits per heavy atom. The quantitative estimate of drug-likeness (QED) is 0.657. The molecule has 0 radical (unpaired) electrons. The Kier molecular flexibility index (Phi) is 4.55. The molecule has 1 N–H and O–H groups in total. The third-order valence-corrected chi connectivity index (χ3v) is 3.54. The largest absolute Gasteiger partial charge is 0.378 e. The molecule has 1 unspecified atom stereocenters. The number of nitrogens with one attached hydrogen (secondary N) is 1. The minimum atomic E-state index is -0.548. The van der Waals surface area contributed by atoms with Crippen LogP contribution in [-0.4, -0.2) is 4.92 Å². The van der Waals surface area contributed by atoms with E-state index < -0.39 is 4.92 Å². The molecule has 106 valence electrons. The van der Waals surface area contributed by atoms with Crippen LogP contribution in [0.3, 0.4) is 0 Å². The zero-order valence-corrected chi connectivity index (χ0v) is 12.8. The Morgan fingerprint density at radius 1 is 1.33 bits per heavy atom. The Balaban J connectivity index is 2.26. The van der Waals surface area contributed by atoms with Crippen LogP contribution < -0.4 is 5.32 Å². The van der Waals surface area contributed by atoms with Crippen LogP contribution in [0.15, 0.2) is 46.9 Å². The van der Waals surface area contributed by atoms with Crippen LogP contribution in [0.2, 0.25) is 0 Å². The van der Waals surface area contributed by atoms with Crippen molar-refractivity contribution >= 4 is 27.3 Å². The van der Waals surface area contributed by atoms with Crippen LogP contribution in [0.25, 0.3) is 0 Å². The summed E-state index contributed by atoms with van der Waals surface area (Å²) in [5, 5.41) is 23.0. The molecule has 6 heteroatoms. The van der Waals surface area contributed by atoms with Gasteiger partial charge in [-0.05, 0) is 36.8 Å². The second kappa shape index (κ2) is 6.37. The molecule has 5 nitrogen and oxygen atoms in total. The fraction of sp³-hybridized carbons (Fsp3) is 0.133. The number of rotatable bonds is 4. The van der Waals surface area contributed by atoms with Gasteiger partial charge in [-0.2, -0.15) is 5.26 Å². The topological polar surface area (TPSA) is 79.0 Å². The maximum absolute atomic E-state index is 11.0. The van der Waals surface area contributed by atoms with E-state index in [2.05, 4.69) is 21.2 Å². The first-order valence-corrected chi connectivity index (χ1v) is 7.01. The summed E-state index contributed by atoms with van der Waals surface area (Å²) in [5.41, 5.74) is 1.52. The molecule has 0 saturated carbocycles. The average molecular weight is 346 g/mol. The highest BCUT2D eigenvalue weighted by Crippen LogP contribution is 2.26. The Hall–Kier alpha value is -2.39. The maximum Gasteiger partial charge on any atom is 0.289 e. The molecule has 0 bridgehead atoms. The van der Waals surface area contributed by atoms with Crippen LogP contribution in [-0.2, 0) is 0 Å². The van der Waals surface area contributed by atoms with E-state index in [4.69, 9.17) is 5.26 Å². The van der Waals surface area contributed by atoms with Gasteiger partial charge in [0.1, 0.15) is 11.6 Å². The molecule has 0 spiro atoms. The number of nitrogens with zero attached hydrogens (tertiary/aromatic N) is 2. The van der Waals surface area contributed by atoms with Gasteiger partial charge in [-0.25, -0.2) is 0 Å². The molecule has 0 aliphatic rings. The summed E-state index contributed by atoms with van der Waals surface area (Å²) >= 11 is 3.41. The van der Waals surface area contributed by atoms with E-state index in [-0.39, 0.29) is 17.3 Å². The second-order valence-corrected chi connectivity index (χ2v) is 5.44. The van der Waals surface area contributed by atoms with Crippen molar-refractivity contribution in [2.45, 2.75) is 13.0 Å². The van der Waals surface area contributed by atoms with Crippen LogP contribution in [0, 0.1) is 21.4 Å². The Bertz CT molecular complexity index is 725. The summed E-state index contributed by atoms with van der Waals surface area (Å²) in [6.07, 6.45) is 0. The minimum absolute atomic E-state index is 0.0185. The first-order chi connectivity index (χ1) is 10.0. The van der Waals surface area contributed by atoms with Crippen LogP contribution in [0.1, 0.15) is 24.1 Å². The van der Waals surface area contributed by atoms with E-state index in [0.717, 1.165) is 10.0 Å². The van der Waals surface area contributed by atoms with Crippen LogP contribution in [0.5, 0.6) is 0 Å². The highest BCUT2D eigenvalue weighted by molar-refractivity contribution is 9.10. The summed E-state index contributed by atoms with van der Waals surface area (Å²) in [5.74, 6) is 0. The smallest absolute Gasteiger partial charge is 0.289 e. The lowest BCUT2D eigenvalue weighted by atomic mass is 10.1. The third-order valence-electron chi connectivity index (χ3n) is 3.05. The lowest BCUT2D eigenvalue weighted by molar-refractivity contribution is -0.385. The van der Waals surface area contributed by atoms with Crippen molar-refractivity contribution in [3.05, 3.63) is 68.2 Å². The molecule has 0 saturated heterocycles. The number of halogens is 1. The van der Waals surface area contributed by atoms with E-state index in [1.54, 1.807) is 6.07 Å². The van der Waals surface area contributed by atoms with Crippen molar-refractivity contribution in [3.8, 4) is 6.07 Å². The molecule has 21 heavy (non-hydrogen) atoms. The molecule has 1 atom stereocenters. The zero-order chi connectivity index (χ0) is 15.4. The fourth-order valence-electron chi connectivity index (χ4n) is 1.98. The molecule has 0 fully saturated rings. The number of nitriles is 1. The predicted octanol–water partition coefficient (Wildman–Crippen LogP) is 4.40. The molecule has 0 aliphatic heterocycles. The van der Waals surface area contributed by atoms with Crippen molar-refractivity contribution in [1.82, 2.24) is 0 Å². The molecular formula is C15H12BrN3O2. The SMILES string of the molecule is CC(Nc1ccc(C#N)c([N+](=O)[O-])c1)c1cccc(Br)c1.